The van der Waals surface area contributed by atoms with Crippen LogP contribution in [-0.2, 0) is 0 Å². The third kappa shape index (κ3) is 1.99. The maximum atomic E-state index is 5.98. The third-order valence-electron chi connectivity index (χ3n) is 3.83. The fourth-order valence-electron chi connectivity index (χ4n) is 2.51. The average molecular weight is 238 g/mol. The molecule has 2 aromatic rings. The van der Waals surface area contributed by atoms with E-state index in [1.807, 2.05) is 13.1 Å². The van der Waals surface area contributed by atoms with E-state index in [0.717, 1.165) is 17.0 Å². The van der Waals surface area contributed by atoms with Crippen LogP contribution in [0.5, 0.6) is 0 Å². The lowest BCUT2D eigenvalue weighted by molar-refractivity contribution is 0.420. The Kier molecular flexibility index (Phi) is 2.78. The van der Waals surface area contributed by atoms with Gasteiger partial charge in [-0.1, -0.05) is 30.7 Å². The van der Waals surface area contributed by atoms with E-state index in [1.54, 1.807) is 0 Å². The van der Waals surface area contributed by atoms with Crippen LogP contribution < -0.4 is 5.73 Å². The highest BCUT2D eigenvalue weighted by Gasteiger charge is 2.19. The van der Waals surface area contributed by atoms with Gasteiger partial charge in [0, 0.05) is 11.8 Å². The van der Waals surface area contributed by atoms with Crippen LogP contribution in [0.1, 0.15) is 36.3 Å². The van der Waals surface area contributed by atoms with E-state index >= 15 is 0 Å². The fraction of sp³-hybridized carbons (Fsp3) is 0.312. The second-order valence-corrected chi connectivity index (χ2v) is 5.20. The highest BCUT2D eigenvalue weighted by molar-refractivity contribution is 5.74. The van der Waals surface area contributed by atoms with Gasteiger partial charge in [0.1, 0.15) is 5.82 Å². The maximum Gasteiger partial charge on any atom is 0.131 e. The van der Waals surface area contributed by atoms with Crippen molar-refractivity contribution in [3.8, 4) is 11.1 Å². The van der Waals surface area contributed by atoms with Crippen LogP contribution in [0.3, 0.4) is 0 Å². The molecule has 1 aromatic carbocycles. The quantitative estimate of drug-likeness (QED) is 0.861. The first kappa shape index (κ1) is 11.3. The lowest BCUT2D eigenvalue weighted by atomic mass is 9.79. The van der Waals surface area contributed by atoms with Crippen LogP contribution in [0.2, 0.25) is 0 Å². The second kappa shape index (κ2) is 4.45. The molecule has 0 bridgehead atoms. The summed E-state index contributed by atoms with van der Waals surface area (Å²) in [6.07, 6.45) is 5.83. The number of pyridine rings is 1. The van der Waals surface area contributed by atoms with Crippen molar-refractivity contribution in [2.75, 3.05) is 5.73 Å². The normalized spacial score (nSPS) is 15.4. The standard InChI is InChI=1S/C16H18N2/c1-11-8-15(16(17)18-10-11)14-7-3-6-13(9-14)12-4-2-5-12/h3,6-10,12H,2,4-5H2,1H3,(H2,17,18). The van der Waals surface area contributed by atoms with Crippen molar-refractivity contribution in [1.82, 2.24) is 4.98 Å². The summed E-state index contributed by atoms with van der Waals surface area (Å²) in [5, 5.41) is 0. The van der Waals surface area contributed by atoms with Crippen molar-refractivity contribution in [2.24, 2.45) is 0 Å². The monoisotopic (exact) mass is 238 g/mol. The number of rotatable bonds is 2. The molecule has 0 saturated heterocycles. The van der Waals surface area contributed by atoms with Crippen LogP contribution in [0, 0.1) is 6.92 Å². The molecule has 1 aliphatic rings. The maximum absolute atomic E-state index is 5.98. The summed E-state index contributed by atoms with van der Waals surface area (Å²) in [5.41, 5.74) is 10.8. The van der Waals surface area contributed by atoms with Crippen molar-refractivity contribution in [2.45, 2.75) is 32.1 Å². The molecular weight excluding hydrogens is 220 g/mol. The molecule has 0 amide bonds. The summed E-state index contributed by atoms with van der Waals surface area (Å²) in [7, 11) is 0. The van der Waals surface area contributed by atoms with E-state index in [-0.39, 0.29) is 0 Å². The van der Waals surface area contributed by atoms with Gasteiger partial charge >= 0.3 is 0 Å². The van der Waals surface area contributed by atoms with Gasteiger partial charge in [-0.05, 0) is 48.4 Å². The summed E-state index contributed by atoms with van der Waals surface area (Å²) in [6.45, 7) is 2.05. The molecule has 2 nitrogen and oxygen atoms in total. The Labute approximate surface area is 108 Å². The van der Waals surface area contributed by atoms with Crippen molar-refractivity contribution >= 4 is 5.82 Å². The highest BCUT2D eigenvalue weighted by atomic mass is 14.8. The summed E-state index contributed by atoms with van der Waals surface area (Å²) < 4.78 is 0. The molecule has 18 heavy (non-hydrogen) atoms. The molecule has 2 N–H and O–H groups in total. The zero-order valence-corrected chi connectivity index (χ0v) is 10.7. The minimum Gasteiger partial charge on any atom is -0.383 e. The van der Waals surface area contributed by atoms with Crippen LogP contribution in [0.4, 0.5) is 5.82 Å². The number of anilines is 1. The Morgan fingerprint density at radius 1 is 1.22 bits per heavy atom. The molecule has 0 spiro atoms. The zero-order chi connectivity index (χ0) is 12.5. The van der Waals surface area contributed by atoms with Crippen LogP contribution >= 0.6 is 0 Å². The number of aromatic nitrogens is 1. The van der Waals surface area contributed by atoms with Crippen LogP contribution in [-0.4, -0.2) is 4.98 Å². The smallest absolute Gasteiger partial charge is 0.131 e. The van der Waals surface area contributed by atoms with Gasteiger partial charge in [0.25, 0.3) is 0 Å². The minimum atomic E-state index is 0.617. The van der Waals surface area contributed by atoms with Gasteiger partial charge in [-0.15, -0.1) is 0 Å². The highest BCUT2D eigenvalue weighted by Crippen LogP contribution is 2.38. The van der Waals surface area contributed by atoms with Gasteiger partial charge < -0.3 is 5.73 Å². The number of hydrogen-bond acceptors (Lipinski definition) is 2. The minimum absolute atomic E-state index is 0.617. The molecule has 1 fully saturated rings. The average Bonchev–Trinajstić information content (AvgIpc) is 2.30. The largest absolute Gasteiger partial charge is 0.383 e. The van der Waals surface area contributed by atoms with Gasteiger partial charge in [-0.3, -0.25) is 0 Å². The number of nitrogens with two attached hydrogens (primary N) is 1. The van der Waals surface area contributed by atoms with Crippen molar-refractivity contribution in [3.05, 3.63) is 47.7 Å². The van der Waals surface area contributed by atoms with E-state index in [9.17, 15) is 0 Å². The van der Waals surface area contributed by atoms with E-state index in [1.165, 1.54) is 30.4 Å². The topological polar surface area (TPSA) is 38.9 Å². The molecule has 0 unspecified atom stereocenters. The van der Waals surface area contributed by atoms with Crippen LogP contribution in [0.25, 0.3) is 11.1 Å². The Morgan fingerprint density at radius 3 is 2.78 bits per heavy atom. The molecule has 0 atom stereocenters. The van der Waals surface area contributed by atoms with Gasteiger partial charge in [0.2, 0.25) is 0 Å². The van der Waals surface area contributed by atoms with Gasteiger partial charge in [-0.25, -0.2) is 4.98 Å². The lowest BCUT2D eigenvalue weighted by Crippen LogP contribution is -2.08. The third-order valence-corrected chi connectivity index (χ3v) is 3.83. The fourth-order valence-corrected chi connectivity index (χ4v) is 2.51. The van der Waals surface area contributed by atoms with E-state index in [4.69, 9.17) is 5.73 Å². The SMILES string of the molecule is Cc1cnc(N)c(-c2cccc(C3CCC3)c2)c1. The first-order valence-corrected chi connectivity index (χ1v) is 6.56. The number of benzene rings is 1. The summed E-state index contributed by atoms with van der Waals surface area (Å²) in [5.74, 6) is 1.37. The van der Waals surface area contributed by atoms with E-state index in [2.05, 4.69) is 35.3 Å². The van der Waals surface area contributed by atoms with Gasteiger partial charge in [-0.2, -0.15) is 0 Å². The number of aryl methyl sites for hydroxylation is 1. The first-order valence-electron chi connectivity index (χ1n) is 6.56. The van der Waals surface area contributed by atoms with Crippen LogP contribution in [0.15, 0.2) is 36.5 Å². The molecule has 92 valence electrons. The molecule has 0 aliphatic heterocycles. The van der Waals surface area contributed by atoms with Gasteiger partial charge in [0.05, 0.1) is 0 Å². The number of nitrogen functional groups attached to an aromatic ring is 1. The first-order chi connectivity index (χ1) is 8.74. The van der Waals surface area contributed by atoms with Crippen molar-refractivity contribution < 1.29 is 0 Å². The summed E-state index contributed by atoms with van der Waals surface area (Å²) in [6, 6.07) is 10.9. The Morgan fingerprint density at radius 2 is 2.06 bits per heavy atom. The second-order valence-electron chi connectivity index (χ2n) is 5.20. The van der Waals surface area contributed by atoms with Crippen molar-refractivity contribution in [3.63, 3.8) is 0 Å². The Bertz CT molecular complexity index is 571. The van der Waals surface area contributed by atoms with E-state index < -0.39 is 0 Å². The molecule has 3 rings (SSSR count). The molecule has 0 radical (unpaired) electrons. The Balaban J connectivity index is 2.02. The zero-order valence-electron chi connectivity index (χ0n) is 10.7. The van der Waals surface area contributed by atoms with E-state index in [0.29, 0.717) is 5.82 Å². The molecule has 1 aliphatic carbocycles. The summed E-state index contributed by atoms with van der Waals surface area (Å²) in [4.78, 5) is 4.24. The predicted molar refractivity (Wildman–Crippen MR) is 75.4 cm³/mol. The molecule has 1 heterocycles. The molecule has 2 heteroatoms. The molecule has 1 aromatic heterocycles. The Hall–Kier alpha value is -1.83. The number of nitrogens with zero attached hydrogens (tertiary/aromatic N) is 1. The van der Waals surface area contributed by atoms with Gasteiger partial charge in [0.15, 0.2) is 0 Å². The predicted octanol–water partition coefficient (Wildman–Crippen LogP) is 3.91. The lowest BCUT2D eigenvalue weighted by Gasteiger charge is -2.26. The molecule has 1 saturated carbocycles. The summed E-state index contributed by atoms with van der Waals surface area (Å²) >= 11 is 0. The molecular formula is C16H18N2. The van der Waals surface area contributed by atoms with Crippen molar-refractivity contribution in [1.29, 1.82) is 0 Å². The number of hydrogen-bond donors (Lipinski definition) is 1.